The van der Waals surface area contributed by atoms with E-state index in [0.717, 1.165) is 18.5 Å². The zero-order valence-electron chi connectivity index (χ0n) is 15.5. The van der Waals surface area contributed by atoms with Gasteiger partial charge in [-0.15, -0.1) is 0 Å². The quantitative estimate of drug-likeness (QED) is 0.863. The van der Waals surface area contributed by atoms with Gasteiger partial charge in [-0.2, -0.15) is 0 Å². The van der Waals surface area contributed by atoms with Crippen LogP contribution in [-0.2, 0) is 0 Å². The standard InChI is InChI=1S/C19H29N3O3/c1-11(2)15-6-5-14(18(24)20-15)19(25)22-9-12-7-16(21(3)4)17(23)8-13(12)10-22/h5-6,11-13,16-17,23H,7-10H2,1-4H3,(H,20,24)/t12-,13+,16-,17-/m1/s1. The maximum Gasteiger partial charge on any atom is 0.261 e. The first-order chi connectivity index (χ1) is 11.8. The molecule has 0 aromatic carbocycles. The summed E-state index contributed by atoms with van der Waals surface area (Å²) < 4.78 is 0. The summed E-state index contributed by atoms with van der Waals surface area (Å²) in [6, 6.07) is 3.62. The molecule has 1 aliphatic heterocycles. The first-order valence-electron chi connectivity index (χ1n) is 9.15. The van der Waals surface area contributed by atoms with Crippen molar-refractivity contribution in [1.29, 1.82) is 0 Å². The van der Waals surface area contributed by atoms with Gasteiger partial charge in [0.25, 0.3) is 11.5 Å². The van der Waals surface area contributed by atoms with E-state index in [2.05, 4.69) is 9.88 Å². The molecule has 4 atom stereocenters. The third-order valence-electron chi connectivity index (χ3n) is 5.84. The molecule has 1 saturated heterocycles. The predicted octanol–water partition coefficient (Wildman–Crippen LogP) is 1.27. The lowest BCUT2D eigenvalue weighted by Gasteiger charge is -2.38. The van der Waals surface area contributed by atoms with Gasteiger partial charge >= 0.3 is 0 Å². The highest BCUT2D eigenvalue weighted by Gasteiger charge is 2.43. The summed E-state index contributed by atoms with van der Waals surface area (Å²) >= 11 is 0. The summed E-state index contributed by atoms with van der Waals surface area (Å²) in [7, 11) is 3.98. The summed E-state index contributed by atoms with van der Waals surface area (Å²) in [5.74, 6) is 0.746. The molecule has 1 aromatic heterocycles. The molecular weight excluding hydrogens is 318 g/mol. The first-order valence-corrected chi connectivity index (χ1v) is 9.15. The fourth-order valence-corrected chi connectivity index (χ4v) is 4.29. The zero-order chi connectivity index (χ0) is 18.3. The lowest BCUT2D eigenvalue weighted by Crippen LogP contribution is -2.46. The van der Waals surface area contributed by atoms with Crippen LogP contribution in [0.1, 0.15) is 48.7 Å². The average molecular weight is 347 g/mol. The van der Waals surface area contributed by atoms with Crippen LogP contribution in [0, 0.1) is 11.8 Å². The van der Waals surface area contributed by atoms with E-state index < -0.39 is 0 Å². The van der Waals surface area contributed by atoms with Gasteiger partial charge in [0.05, 0.1) is 6.10 Å². The van der Waals surface area contributed by atoms with E-state index in [-0.39, 0.29) is 35.1 Å². The van der Waals surface area contributed by atoms with E-state index in [9.17, 15) is 14.7 Å². The Hall–Kier alpha value is -1.66. The molecule has 1 amide bonds. The van der Waals surface area contributed by atoms with E-state index in [1.165, 1.54) is 0 Å². The van der Waals surface area contributed by atoms with Gasteiger partial charge in [-0.1, -0.05) is 13.8 Å². The number of aromatic amines is 1. The molecule has 0 radical (unpaired) electrons. The van der Waals surface area contributed by atoms with Crippen LogP contribution in [-0.4, -0.2) is 65.1 Å². The van der Waals surface area contributed by atoms with Crippen molar-refractivity contribution in [3.05, 3.63) is 33.7 Å². The van der Waals surface area contributed by atoms with Crippen LogP contribution in [0.15, 0.2) is 16.9 Å². The Kier molecular flexibility index (Phi) is 5.02. The Morgan fingerprint density at radius 2 is 1.88 bits per heavy atom. The van der Waals surface area contributed by atoms with E-state index in [1.807, 2.05) is 34.0 Å². The van der Waals surface area contributed by atoms with E-state index >= 15 is 0 Å². The highest BCUT2D eigenvalue weighted by atomic mass is 16.3. The molecule has 1 saturated carbocycles. The van der Waals surface area contributed by atoms with Crippen molar-refractivity contribution in [1.82, 2.24) is 14.8 Å². The van der Waals surface area contributed by atoms with Gasteiger partial charge in [0.15, 0.2) is 0 Å². The van der Waals surface area contributed by atoms with Crippen molar-refractivity contribution in [3.63, 3.8) is 0 Å². The molecule has 0 bridgehead atoms. The number of likely N-dealkylation sites (tertiary alicyclic amines) is 1. The second kappa shape index (κ2) is 6.92. The second-order valence-corrected chi connectivity index (χ2v) is 8.11. The minimum atomic E-state index is -0.347. The molecule has 6 heteroatoms. The van der Waals surface area contributed by atoms with E-state index in [4.69, 9.17) is 0 Å². The molecule has 138 valence electrons. The van der Waals surface area contributed by atoms with Crippen LogP contribution >= 0.6 is 0 Å². The van der Waals surface area contributed by atoms with Gasteiger partial charge in [0, 0.05) is 24.8 Å². The molecular formula is C19H29N3O3. The van der Waals surface area contributed by atoms with Crippen molar-refractivity contribution in [3.8, 4) is 0 Å². The number of hydrogen-bond donors (Lipinski definition) is 2. The molecule has 3 rings (SSSR count). The van der Waals surface area contributed by atoms with Gasteiger partial charge in [0.1, 0.15) is 5.56 Å². The number of nitrogens with zero attached hydrogens (tertiary/aromatic N) is 2. The topological polar surface area (TPSA) is 76.6 Å². The normalized spacial score (nSPS) is 29.3. The van der Waals surface area contributed by atoms with Crippen LogP contribution in [0.3, 0.4) is 0 Å². The van der Waals surface area contributed by atoms with Crippen molar-refractivity contribution in [2.45, 2.75) is 44.8 Å². The lowest BCUT2D eigenvalue weighted by atomic mass is 9.77. The average Bonchev–Trinajstić information content (AvgIpc) is 2.95. The molecule has 1 aliphatic carbocycles. The number of nitrogens with one attached hydrogen (secondary N) is 1. The number of carbonyl (C=O) groups is 1. The Bertz CT molecular complexity index is 697. The number of carbonyl (C=O) groups excluding carboxylic acids is 1. The molecule has 1 aromatic rings. The van der Waals surface area contributed by atoms with Crippen molar-refractivity contribution in [2.24, 2.45) is 11.8 Å². The smallest absolute Gasteiger partial charge is 0.261 e. The van der Waals surface area contributed by atoms with Crippen molar-refractivity contribution >= 4 is 5.91 Å². The van der Waals surface area contributed by atoms with Crippen LogP contribution < -0.4 is 5.56 Å². The molecule has 2 fully saturated rings. The number of rotatable bonds is 3. The Labute approximate surface area is 148 Å². The summed E-state index contributed by atoms with van der Waals surface area (Å²) in [5.41, 5.74) is 0.749. The number of aliphatic hydroxyl groups excluding tert-OH is 1. The maximum atomic E-state index is 12.8. The fourth-order valence-electron chi connectivity index (χ4n) is 4.29. The van der Waals surface area contributed by atoms with Gasteiger partial charge in [0.2, 0.25) is 0 Å². The third kappa shape index (κ3) is 3.51. The first kappa shape index (κ1) is 18.1. The summed E-state index contributed by atoms with van der Waals surface area (Å²) in [6.07, 6.45) is 1.27. The monoisotopic (exact) mass is 347 g/mol. The molecule has 2 N–H and O–H groups in total. The SMILES string of the molecule is CC(C)c1ccc(C(=O)N2C[C@H]3C[C@@H](N(C)C)[C@H](O)C[C@H]3C2)c(=O)[nH]1. The number of hydrogen-bond acceptors (Lipinski definition) is 4. The fraction of sp³-hybridized carbons (Fsp3) is 0.684. The molecule has 6 nitrogen and oxygen atoms in total. The lowest BCUT2D eigenvalue weighted by molar-refractivity contribution is 0.00940. The van der Waals surface area contributed by atoms with Crippen LogP contribution in [0.25, 0.3) is 0 Å². The Morgan fingerprint density at radius 3 is 2.44 bits per heavy atom. The Balaban J connectivity index is 1.74. The van der Waals surface area contributed by atoms with Gasteiger partial charge in [-0.3, -0.25) is 9.59 Å². The zero-order valence-corrected chi connectivity index (χ0v) is 15.5. The van der Waals surface area contributed by atoms with Crippen LogP contribution in [0.4, 0.5) is 0 Å². The number of amides is 1. The van der Waals surface area contributed by atoms with Crippen LogP contribution in [0.5, 0.6) is 0 Å². The summed E-state index contributed by atoms with van der Waals surface area (Å²) in [6.45, 7) is 5.31. The van der Waals surface area contributed by atoms with Crippen molar-refractivity contribution < 1.29 is 9.90 Å². The third-order valence-corrected chi connectivity index (χ3v) is 5.84. The van der Waals surface area contributed by atoms with Crippen molar-refractivity contribution in [2.75, 3.05) is 27.2 Å². The second-order valence-electron chi connectivity index (χ2n) is 8.11. The Morgan fingerprint density at radius 1 is 1.24 bits per heavy atom. The summed E-state index contributed by atoms with van der Waals surface area (Å²) in [5, 5.41) is 10.4. The number of aliphatic hydroxyl groups is 1. The molecule has 0 spiro atoms. The highest BCUT2D eigenvalue weighted by Crippen LogP contribution is 2.38. The number of H-pyrrole nitrogens is 1. The number of likely N-dealkylation sites (N-methyl/N-ethyl adjacent to an activating group) is 1. The van der Waals surface area contributed by atoms with Gasteiger partial charge in [-0.25, -0.2) is 0 Å². The molecule has 25 heavy (non-hydrogen) atoms. The molecule has 2 heterocycles. The minimum absolute atomic E-state index is 0.144. The van der Waals surface area contributed by atoms with E-state index in [0.29, 0.717) is 24.9 Å². The minimum Gasteiger partial charge on any atom is -0.391 e. The predicted molar refractivity (Wildman–Crippen MR) is 96.8 cm³/mol. The van der Waals surface area contributed by atoms with E-state index in [1.54, 1.807) is 11.0 Å². The molecule has 0 unspecified atom stereocenters. The number of pyridine rings is 1. The summed E-state index contributed by atoms with van der Waals surface area (Å²) in [4.78, 5) is 31.8. The van der Waals surface area contributed by atoms with Gasteiger partial charge < -0.3 is 19.9 Å². The molecule has 2 aliphatic rings. The largest absolute Gasteiger partial charge is 0.391 e. The number of fused-ring (bicyclic) bond motifs is 1. The number of aromatic nitrogens is 1. The maximum absolute atomic E-state index is 12.8. The van der Waals surface area contributed by atoms with Crippen LogP contribution in [0.2, 0.25) is 0 Å². The van der Waals surface area contributed by atoms with Gasteiger partial charge in [-0.05, 0) is 56.8 Å². The highest BCUT2D eigenvalue weighted by molar-refractivity contribution is 5.94.